The predicted octanol–water partition coefficient (Wildman–Crippen LogP) is 2.55. The topological polar surface area (TPSA) is 54.6 Å². The van der Waals surface area contributed by atoms with Gasteiger partial charge in [0.05, 0.1) is 23.6 Å². The van der Waals surface area contributed by atoms with Gasteiger partial charge in [0.25, 0.3) is 0 Å². The first kappa shape index (κ1) is 17.6. The molecule has 0 bridgehead atoms. The van der Waals surface area contributed by atoms with Gasteiger partial charge in [0, 0.05) is 44.5 Å². The van der Waals surface area contributed by atoms with Gasteiger partial charge in [-0.15, -0.1) is 0 Å². The van der Waals surface area contributed by atoms with E-state index in [0.29, 0.717) is 0 Å². The first-order chi connectivity index (χ1) is 12.6. The number of piperidine rings is 1. The zero-order valence-corrected chi connectivity index (χ0v) is 15.8. The molecule has 0 amide bonds. The first-order valence-electron chi connectivity index (χ1n) is 9.54. The van der Waals surface area contributed by atoms with E-state index in [1.807, 2.05) is 26.1 Å². The van der Waals surface area contributed by atoms with Gasteiger partial charge < -0.3 is 9.26 Å². The summed E-state index contributed by atoms with van der Waals surface area (Å²) in [7, 11) is 0. The fraction of sp³-hybridized carbons (Fsp3) is 0.600. The number of likely N-dealkylation sites (tertiary alicyclic amines) is 1. The lowest BCUT2D eigenvalue weighted by atomic mass is 9.90. The Morgan fingerprint density at radius 3 is 2.69 bits per heavy atom. The second kappa shape index (κ2) is 7.47. The highest BCUT2D eigenvalue weighted by Gasteiger charge is 2.40. The molecule has 140 valence electrons. The molecular formula is C20H28N4O2. The van der Waals surface area contributed by atoms with Crippen LogP contribution in [-0.2, 0) is 17.8 Å². The van der Waals surface area contributed by atoms with Crippen molar-refractivity contribution < 1.29 is 9.26 Å². The number of aryl methyl sites for hydroxylation is 2. The van der Waals surface area contributed by atoms with Crippen molar-refractivity contribution in [2.75, 3.05) is 32.8 Å². The molecular weight excluding hydrogens is 328 g/mol. The lowest BCUT2D eigenvalue weighted by molar-refractivity contribution is -0.143. The van der Waals surface area contributed by atoms with Crippen LogP contribution in [0.3, 0.4) is 0 Å². The van der Waals surface area contributed by atoms with Gasteiger partial charge in [0.2, 0.25) is 0 Å². The summed E-state index contributed by atoms with van der Waals surface area (Å²) in [5.74, 6) is 0.934. The summed E-state index contributed by atoms with van der Waals surface area (Å²) in [5.41, 5.74) is 3.30. The molecule has 6 nitrogen and oxygen atoms in total. The molecule has 1 unspecified atom stereocenters. The highest BCUT2D eigenvalue weighted by molar-refractivity contribution is 5.20. The van der Waals surface area contributed by atoms with Crippen LogP contribution in [0.2, 0.25) is 0 Å². The smallest absolute Gasteiger partial charge is 0.138 e. The molecule has 2 saturated heterocycles. The van der Waals surface area contributed by atoms with Crippen LogP contribution >= 0.6 is 0 Å². The zero-order chi connectivity index (χ0) is 18.0. The molecule has 0 aliphatic carbocycles. The van der Waals surface area contributed by atoms with Crippen LogP contribution in [0.5, 0.6) is 0 Å². The van der Waals surface area contributed by atoms with Gasteiger partial charge in [-0.05, 0) is 45.4 Å². The van der Waals surface area contributed by atoms with Gasteiger partial charge in [-0.1, -0.05) is 11.2 Å². The normalized spacial score (nSPS) is 25.0. The number of hydrogen-bond acceptors (Lipinski definition) is 6. The number of hydrogen-bond donors (Lipinski definition) is 0. The number of nitrogens with zero attached hydrogens (tertiary/aromatic N) is 4. The number of pyridine rings is 1. The molecule has 1 atom stereocenters. The Morgan fingerprint density at radius 1 is 1.12 bits per heavy atom. The van der Waals surface area contributed by atoms with Gasteiger partial charge in [-0.2, -0.15) is 0 Å². The Morgan fingerprint density at radius 2 is 1.96 bits per heavy atom. The highest BCUT2D eigenvalue weighted by atomic mass is 16.5. The number of morpholine rings is 1. The minimum atomic E-state index is -0.0652. The average Bonchev–Trinajstić information content (AvgIpc) is 2.95. The molecule has 6 heteroatoms. The minimum Gasteiger partial charge on any atom is -0.371 e. The molecule has 0 N–H and O–H groups in total. The van der Waals surface area contributed by atoms with Crippen LogP contribution in [0.25, 0.3) is 0 Å². The van der Waals surface area contributed by atoms with Crippen molar-refractivity contribution in [3.63, 3.8) is 0 Å². The van der Waals surface area contributed by atoms with E-state index in [1.165, 1.54) is 12.0 Å². The summed E-state index contributed by atoms with van der Waals surface area (Å²) in [5, 5.41) is 4.10. The van der Waals surface area contributed by atoms with Crippen molar-refractivity contribution in [1.82, 2.24) is 19.9 Å². The Labute approximate surface area is 155 Å². The van der Waals surface area contributed by atoms with Crippen LogP contribution in [0.15, 0.2) is 28.9 Å². The quantitative estimate of drug-likeness (QED) is 0.839. The number of rotatable bonds is 4. The Balaban J connectivity index is 1.42. The van der Waals surface area contributed by atoms with E-state index in [2.05, 4.69) is 32.1 Å². The maximum Gasteiger partial charge on any atom is 0.138 e. The minimum absolute atomic E-state index is 0.0652. The summed E-state index contributed by atoms with van der Waals surface area (Å²) in [4.78, 5) is 9.47. The average molecular weight is 356 g/mol. The van der Waals surface area contributed by atoms with Crippen molar-refractivity contribution in [3.05, 3.63) is 47.1 Å². The second-order valence-electron chi connectivity index (χ2n) is 7.68. The fourth-order valence-electron chi connectivity index (χ4n) is 4.30. The van der Waals surface area contributed by atoms with Crippen LogP contribution in [0, 0.1) is 13.8 Å². The van der Waals surface area contributed by atoms with Gasteiger partial charge in [-0.3, -0.25) is 14.8 Å². The van der Waals surface area contributed by atoms with Crippen LogP contribution < -0.4 is 0 Å². The summed E-state index contributed by atoms with van der Waals surface area (Å²) < 4.78 is 11.7. The molecule has 4 rings (SSSR count). The van der Waals surface area contributed by atoms with E-state index >= 15 is 0 Å². The Kier molecular flexibility index (Phi) is 5.07. The third-order valence-corrected chi connectivity index (χ3v) is 5.62. The van der Waals surface area contributed by atoms with Gasteiger partial charge in [-0.25, -0.2) is 0 Å². The summed E-state index contributed by atoms with van der Waals surface area (Å²) in [6, 6.07) is 6.13. The van der Waals surface area contributed by atoms with Crippen molar-refractivity contribution in [3.8, 4) is 0 Å². The van der Waals surface area contributed by atoms with Crippen LogP contribution in [0.4, 0.5) is 0 Å². The zero-order valence-electron chi connectivity index (χ0n) is 15.8. The molecule has 2 aromatic rings. The molecule has 1 spiro atoms. The second-order valence-corrected chi connectivity index (χ2v) is 7.68. The lowest BCUT2D eigenvalue weighted by Crippen LogP contribution is -2.59. The van der Waals surface area contributed by atoms with E-state index in [4.69, 9.17) is 9.26 Å². The van der Waals surface area contributed by atoms with Crippen LogP contribution in [0.1, 0.15) is 35.6 Å². The van der Waals surface area contributed by atoms with E-state index < -0.39 is 0 Å². The van der Waals surface area contributed by atoms with Crippen LogP contribution in [-0.4, -0.2) is 58.3 Å². The molecule has 2 fully saturated rings. The molecule has 4 heterocycles. The summed E-state index contributed by atoms with van der Waals surface area (Å²) in [6.07, 6.45) is 4.17. The van der Waals surface area contributed by atoms with E-state index in [-0.39, 0.29) is 5.60 Å². The molecule has 2 aromatic heterocycles. The van der Waals surface area contributed by atoms with E-state index in [0.717, 1.165) is 69.4 Å². The lowest BCUT2D eigenvalue weighted by Gasteiger charge is -2.48. The summed E-state index contributed by atoms with van der Waals surface area (Å²) >= 11 is 0. The maximum absolute atomic E-state index is 6.34. The Bertz CT molecular complexity index is 709. The molecule has 26 heavy (non-hydrogen) atoms. The Hall–Kier alpha value is -1.76. The largest absolute Gasteiger partial charge is 0.371 e. The van der Waals surface area contributed by atoms with Gasteiger partial charge in [0.15, 0.2) is 0 Å². The molecule has 2 aliphatic heterocycles. The highest BCUT2D eigenvalue weighted by Crippen LogP contribution is 2.31. The molecule has 0 radical (unpaired) electrons. The molecule has 0 saturated carbocycles. The van der Waals surface area contributed by atoms with Crippen molar-refractivity contribution in [2.45, 2.75) is 45.4 Å². The maximum atomic E-state index is 6.34. The molecule has 2 aliphatic rings. The fourth-order valence-corrected chi connectivity index (χ4v) is 4.30. The van der Waals surface area contributed by atoms with Crippen molar-refractivity contribution in [2.24, 2.45) is 0 Å². The first-order valence-corrected chi connectivity index (χ1v) is 9.54. The third-order valence-electron chi connectivity index (χ3n) is 5.62. The third kappa shape index (κ3) is 3.82. The predicted molar refractivity (Wildman–Crippen MR) is 98.7 cm³/mol. The standard InChI is InChI=1S/C20H28N4O2/c1-16-19(17(2)26-22-16)13-23-9-5-7-20(14-23)15-24(10-11-25-20)12-18-6-3-4-8-21-18/h3-4,6,8H,5,7,9-15H2,1-2H3. The van der Waals surface area contributed by atoms with Crippen molar-refractivity contribution in [1.29, 1.82) is 0 Å². The summed E-state index contributed by atoms with van der Waals surface area (Å²) in [6.45, 7) is 10.6. The van der Waals surface area contributed by atoms with Gasteiger partial charge >= 0.3 is 0 Å². The van der Waals surface area contributed by atoms with E-state index in [1.54, 1.807) is 0 Å². The van der Waals surface area contributed by atoms with E-state index in [9.17, 15) is 0 Å². The monoisotopic (exact) mass is 356 g/mol. The number of ether oxygens (including phenoxy) is 1. The molecule has 0 aromatic carbocycles. The van der Waals surface area contributed by atoms with Gasteiger partial charge in [0.1, 0.15) is 5.76 Å². The SMILES string of the molecule is Cc1noc(C)c1CN1CCCC2(CN(Cc3ccccn3)CCO2)C1. The number of aromatic nitrogens is 2. The van der Waals surface area contributed by atoms with Crippen molar-refractivity contribution >= 4 is 0 Å².